The van der Waals surface area contributed by atoms with E-state index in [4.69, 9.17) is 35.5 Å². The smallest absolute Gasteiger partial charge is 0.145 e. The van der Waals surface area contributed by atoms with Gasteiger partial charge < -0.3 is 33.3 Å². The molecule has 3 aliphatic rings. The van der Waals surface area contributed by atoms with Crippen LogP contribution in [-0.2, 0) is 28.9 Å². The minimum absolute atomic E-state index is 0.498. The average Bonchev–Trinajstić information content (AvgIpc) is 3.98. The molecule has 302 valence electrons. The lowest BCUT2D eigenvalue weighted by Crippen LogP contribution is -2.37. The van der Waals surface area contributed by atoms with Gasteiger partial charge in [-0.2, -0.15) is 0 Å². The Kier molecular flexibility index (Phi) is 15.8. The topological polar surface area (TPSA) is 64.5 Å². The van der Waals surface area contributed by atoms with E-state index in [0.717, 1.165) is 124 Å². The number of likely N-dealkylation sites (tertiary alicyclic amines) is 2. The van der Waals surface area contributed by atoms with Gasteiger partial charge in [-0.1, -0.05) is 50.9 Å². The maximum absolute atomic E-state index is 6.79. The molecule has 1 unspecified atom stereocenters. The van der Waals surface area contributed by atoms with E-state index in [9.17, 15) is 0 Å². The van der Waals surface area contributed by atoms with Crippen LogP contribution in [0.4, 0.5) is 0 Å². The fourth-order valence-electron chi connectivity index (χ4n) is 8.11. The number of unbranched alkanes of at least 4 members (excludes halogenated alkanes) is 1. The number of hydrogen-bond donors (Lipinski definition) is 0. The van der Waals surface area contributed by atoms with Gasteiger partial charge >= 0.3 is 0 Å². The fourth-order valence-corrected chi connectivity index (χ4v) is 8.23. The van der Waals surface area contributed by atoms with Crippen molar-refractivity contribution in [1.82, 2.24) is 24.3 Å². The molecule has 1 aromatic heterocycles. The SMILES string of the molecule is CCCCn1c(-c2ccc(OCCc3ccc(Cl)cc3)cc2OCCCN(CC)CC)nc2c1CC(C)(OCCN1CCCC1)C=C2OCCN1CCCC1. The molecular formula is C45H66ClN5O4. The van der Waals surface area contributed by atoms with E-state index in [1.165, 1.54) is 50.0 Å². The Bertz CT molecular complexity index is 1650. The second-order valence-electron chi connectivity index (χ2n) is 15.6. The summed E-state index contributed by atoms with van der Waals surface area (Å²) in [5.41, 5.74) is 3.79. The van der Waals surface area contributed by atoms with Crippen LogP contribution in [0, 0.1) is 0 Å². The quantitative estimate of drug-likeness (QED) is 0.0889. The van der Waals surface area contributed by atoms with Gasteiger partial charge in [0, 0.05) is 50.1 Å². The maximum atomic E-state index is 6.79. The molecular weight excluding hydrogens is 710 g/mol. The molecule has 6 rings (SSSR count). The van der Waals surface area contributed by atoms with E-state index in [0.29, 0.717) is 26.4 Å². The largest absolute Gasteiger partial charge is 0.493 e. The van der Waals surface area contributed by atoms with Gasteiger partial charge in [-0.25, -0.2) is 4.98 Å². The van der Waals surface area contributed by atoms with Gasteiger partial charge in [-0.05, 0) is 121 Å². The zero-order valence-corrected chi connectivity index (χ0v) is 34.9. The molecule has 3 heterocycles. The van der Waals surface area contributed by atoms with Crippen LogP contribution in [0.5, 0.6) is 11.5 Å². The molecule has 0 N–H and O–H groups in total. The van der Waals surface area contributed by atoms with Crippen molar-refractivity contribution in [3.8, 4) is 22.9 Å². The molecule has 0 amide bonds. The third-order valence-corrected chi connectivity index (χ3v) is 11.7. The molecule has 10 heteroatoms. The molecule has 2 aliphatic heterocycles. The summed E-state index contributed by atoms with van der Waals surface area (Å²) in [5, 5.41) is 0.743. The third kappa shape index (κ3) is 11.7. The van der Waals surface area contributed by atoms with E-state index in [2.05, 4.69) is 83.4 Å². The summed E-state index contributed by atoms with van der Waals surface area (Å²) in [4.78, 5) is 12.9. The van der Waals surface area contributed by atoms with Gasteiger partial charge in [0.05, 0.1) is 36.7 Å². The first-order chi connectivity index (χ1) is 26.9. The van der Waals surface area contributed by atoms with Crippen LogP contribution in [0.1, 0.15) is 89.6 Å². The lowest BCUT2D eigenvalue weighted by atomic mass is 9.91. The summed E-state index contributed by atoms with van der Waals surface area (Å²) in [5.74, 6) is 3.34. The molecule has 55 heavy (non-hydrogen) atoms. The average molecular weight is 777 g/mol. The Morgan fingerprint density at radius 1 is 0.782 bits per heavy atom. The highest BCUT2D eigenvalue weighted by molar-refractivity contribution is 6.30. The first-order valence-electron chi connectivity index (χ1n) is 21.3. The predicted octanol–water partition coefficient (Wildman–Crippen LogP) is 8.62. The number of rotatable bonds is 23. The number of benzene rings is 2. The van der Waals surface area contributed by atoms with Crippen LogP contribution in [0.3, 0.4) is 0 Å². The summed E-state index contributed by atoms with van der Waals surface area (Å²) < 4.78 is 28.9. The number of imidazole rings is 1. The second kappa shape index (κ2) is 20.9. The second-order valence-corrected chi connectivity index (χ2v) is 16.1. The van der Waals surface area contributed by atoms with Crippen molar-refractivity contribution in [2.24, 2.45) is 0 Å². The van der Waals surface area contributed by atoms with Crippen molar-refractivity contribution in [3.63, 3.8) is 0 Å². The van der Waals surface area contributed by atoms with Gasteiger partial charge in [0.2, 0.25) is 0 Å². The van der Waals surface area contributed by atoms with E-state index in [1.807, 2.05) is 12.1 Å². The third-order valence-electron chi connectivity index (χ3n) is 11.4. The number of aromatic nitrogens is 2. The minimum atomic E-state index is -0.498. The summed E-state index contributed by atoms with van der Waals surface area (Å²) in [6.45, 7) is 21.9. The Balaban J connectivity index is 1.29. The van der Waals surface area contributed by atoms with Crippen molar-refractivity contribution < 1.29 is 18.9 Å². The Morgan fingerprint density at radius 2 is 1.49 bits per heavy atom. The first kappa shape index (κ1) is 41.6. The highest BCUT2D eigenvalue weighted by atomic mass is 35.5. The van der Waals surface area contributed by atoms with Crippen LogP contribution in [0.25, 0.3) is 17.1 Å². The molecule has 1 aliphatic carbocycles. The van der Waals surface area contributed by atoms with Gasteiger partial charge in [-0.15, -0.1) is 0 Å². The molecule has 0 radical (unpaired) electrons. The number of hydrogen-bond acceptors (Lipinski definition) is 8. The molecule has 1 atom stereocenters. The van der Waals surface area contributed by atoms with Crippen LogP contribution in [-0.4, -0.2) is 115 Å². The van der Waals surface area contributed by atoms with Crippen molar-refractivity contribution in [2.75, 3.05) is 85.3 Å². The van der Waals surface area contributed by atoms with Crippen LogP contribution >= 0.6 is 11.6 Å². The Hall–Kier alpha value is -3.08. The summed E-state index contributed by atoms with van der Waals surface area (Å²) in [6.07, 6.45) is 11.9. The lowest BCUT2D eigenvalue weighted by molar-refractivity contribution is -0.00633. The zero-order valence-electron chi connectivity index (χ0n) is 34.1. The van der Waals surface area contributed by atoms with Gasteiger partial charge in [0.15, 0.2) is 0 Å². The fraction of sp³-hybridized carbons (Fsp3) is 0.622. The molecule has 3 aromatic rings. The minimum Gasteiger partial charge on any atom is -0.493 e. The molecule has 2 saturated heterocycles. The number of fused-ring (bicyclic) bond motifs is 1. The molecule has 0 saturated carbocycles. The highest BCUT2D eigenvalue weighted by Crippen LogP contribution is 2.40. The molecule has 0 bridgehead atoms. The van der Waals surface area contributed by atoms with Crippen molar-refractivity contribution in [3.05, 3.63) is 70.5 Å². The normalized spacial score (nSPS) is 18.9. The van der Waals surface area contributed by atoms with Crippen molar-refractivity contribution in [2.45, 2.75) is 97.6 Å². The number of halogens is 1. The van der Waals surface area contributed by atoms with Crippen molar-refractivity contribution in [1.29, 1.82) is 0 Å². The molecule has 0 spiro atoms. The van der Waals surface area contributed by atoms with E-state index < -0.39 is 5.60 Å². The van der Waals surface area contributed by atoms with Crippen LogP contribution in [0.2, 0.25) is 5.02 Å². The Morgan fingerprint density at radius 3 is 2.18 bits per heavy atom. The standard InChI is InChI=1S/C45H66ClN5O4/c1-5-8-26-51-40-34-45(4,55-32-28-50-23-11-12-24-50)35-42(54-31-27-49-21-9-10-22-49)43(40)47-44(51)39-19-18-38(52-30-20-36-14-16-37(46)17-15-36)33-41(39)53-29-13-25-48(6-2)7-3/h14-19,33,35H,5-13,20-32,34H2,1-4H3. The van der Waals surface area contributed by atoms with Crippen LogP contribution < -0.4 is 9.47 Å². The van der Waals surface area contributed by atoms with Crippen LogP contribution in [0.15, 0.2) is 48.5 Å². The van der Waals surface area contributed by atoms with Gasteiger partial charge in [-0.3, -0.25) is 4.90 Å². The van der Waals surface area contributed by atoms with Gasteiger partial charge in [0.25, 0.3) is 0 Å². The van der Waals surface area contributed by atoms with E-state index in [1.54, 1.807) is 0 Å². The Labute approximate surface area is 335 Å². The monoisotopic (exact) mass is 775 g/mol. The number of ether oxygens (including phenoxy) is 4. The predicted molar refractivity (Wildman–Crippen MR) is 224 cm³/mol. The first-order valence-corrected chi connectivity index (χ1v) is 21.7. The van der Waals surface area contributed by atoms with Gasteiger partial charge in [0.1, 0.15) is 35.4 Å². The van der Waals surface area contributed by atoms with E-state index >= 15 is 0 Å². The maximum Gasteiger partial charge on any atom is 0.145 e. The summed E-state index contributed by atoms with van der Waals surface area (Å²) in [6, 6.07) is 14.2. The molecule has 2 fully saturated rings. The number of nitrogens with zero attached hydrogens (tertiary/aromatic N) is 5. The summed E-state index contributed by atoms with van der Waals surface area (Å²) >= 11 is 6.12. The lowest BCUT2D eigenvalue weighted by Gasteiger charge is -2.33. The van der Waals surface area contributed by atoms with Crippen molar-refractivity contribution >= 4 is 17.4 Å². The molecule has 2 aromatic carbocycles. The summed E-state index contributed by atoms with van der Waals surface area (Å²) in [7, 11) is 0. The molecule has 9 nitrogen and oxygen atoms in total. The zero-order chi connectivity index (χ0) is 38.5. The van der Waals surface area contributed by atoms with E-state index in [-0.39, 0.29) is 0 Å². The highest BCUT2D eigenvalue weighted by Gasteiger charge is 2.37.